The van der Waals surface area contributed by atoms with E-state index in [1.807, 2.05) is 18.2 Å². The van der Waals surface area contributed by atoms with Crippen molar-refractivity contribution < 1.29 is 18.1 Å². The van der Waals surface area contributed by atoms with Gasteiger partial charge in [0.15, 0.2) is 0 Å². The molecule has 0 spiro atoms. The number of nitro benzene ring substituents is 1. The Morgan fingerprint density at radius 2 is 1.76 bits per heavy atom. The molecule has 2 heterocycles. The zero-order valence-electron chi connectivity index (χ0n) is 19.3. The first-order chi connectivity index (χ1) is 16.3. The Morgan fingerprint density at radius 1 is 1.06 bits per heavy atom. The monoisotopic (exact) mass is 486 g/mol. The summed E-state index contributed by atoms with van der Waals surface area (Å²) in [5.41, 5.74) is 0.850. The third-order valence-electron chi connectivity index (χ3n) is 6.77. The topological polar surface area (TPSA) is 115 Å². The number of aromatic nitrogens is 1. The normalized spacial score (nSPS) is 19.3. The molecule has 9 nitrogen and oxygen atoms in total. The largest absolute Gasteiger partial charge is 0.274 e. The van der Waals surface area contributed by atoms with Crippen LogP contribution >= 0.6 is 0 Å². The van der Waals surface area contributed by atoms with Crippen LogP contribution in [0.5, 0.6) is 0 Å². The van der Waals surface area contributed by atoms with Crippen LogP contribution in [-0.4, -0.2) is 47.3 Å². The van der Waals surface area contributed by atoms with Gasteiger partial charge in [-0.2, -0.15) is 4.31 Å². The van der Waals surface area contributed by atoms with Crippen molar-refractivity contribution in [1.29, 1.82) is 0 Å². The van der Waals surface area contributed by atoms with Crippen LogP contribution in [0, 0.1) is 23.0 Å². The van der Waals surface area contributed by atoms with Crippen molar-refractivity contribution in [3.63, 3.8) is 0 Å². The van der Waals surface area contributed by atoms with Crippen LogP contribution in [0.1, 0.15) is 55.3 Å². The molecule has 0 amide bonds. The number of sulfonamides is 1. The van der Waals surface area contributed by atoms with E-state index in [1.165, 1.54) is 22.9 Å². The number of non-ortho nitro benzene ring substituents is 1. The highest BCUT2D eigenvalue weighted by Gasteiger charge is 2.34. The number of piperidine rings is 1. The van der Waals surface area contributed by atoms with Gasteiger partial charge in [-0.15, -0.1) is 0 Å². The van der Waals surface area contributed by atoms with Gasteiger partial charge in [-0.25, -0.2) is 8.42 Å². The van der Waals surface area contributed by atoms with E-state index in [-0.39, 0.29) is 41.5 Å². The van der Waals surface area contributed by atoms with Crippen molar-refractivity contribution in [2.75, 3.05) is 13.1 Å². The smallest absolute Gasteiger partial charge is 0.270 e. The van der Waals surface area contributed by atoms with Crippen molar-refractivity contribution in [3.8, 4) is 0 Å². The highest BCUT2D eigenvalue weighted by molar-refractivity contribution is 7.89. The zero-order chi connectivity index (χ0) is 24.3. The minimum absolute atomic E-state index is 0.0579. The van der Waals surface area contributed by atoms with Crippen LogP contribution in [0.3, 0.4) is 0 Å². The van der Waals surface area contributed by atoms with Crippen molar-refractivity contribution >= 4 is 21.6 Å². The number of carbonyl (C=O) groups is 1. The Morgan fingerprint density at radius 3 is 2.44 bits per heavy atom. The molecule has 0 N–H and O–H groups in total. The highest BCUT2D eigenvalue weighted by Crippen LogP contribution is 2.28. The molecule has 1 aliphatic carbocycles. The van der Waals surface area contributed by atoms with Crippen LogP contribution in [0.25, 0.3) is 0 Å². The Labute approximate surface area is 199 Å². The molecule has 0 bridgehead atoms. The van der Waals surface area contributed by atoms with Crippen LogP contribution in [0.2, 0.25) is 0 Å². The lowest BCUT2D eigenvalue weighted by Gasteiger charge is -2.31. The van der Waals surface area contributed by atoms with E-state index in [4.69, 9.17) is 4.99 Å². The Kier molecular flexibility index (Phi) is 7.27. The first kappa shape index (κ1) is 24.3. The molecule has 1 saturated heterocycles. The fourth-order valence-electron chi connectivity index (χ4n) is 4.78. The first-order valence-electron chi connectivity index (χ1n) is 11.8. The quantitative estimate of drug-likeness (QED) is 0.472. The van der Waals surface area contributed by atoms with Crippen LogP contribution in [0.15, 0.2) is 52.5 Å². The third-order valence-corrected chi connectivity index (χ3v) is 8.81. The van der Waals surface area contributed by atoms with Gasteiger partial charge in [-0.05, 0) is 50.3 Å². The number of aryl methyl sites for hydroxylation is 1. The SMILES string of the molecule is Cc1ccc([N+](=O)[O-])cc1S(=O)(=O)N1CCC(C(=O)n2ccccc2=NC2CCCCC2)CC1. The Bertz CT molecular complexity index is 1240. The number of hydrogen-bond acceptors (Lipinski definition) is 6. The zero-order valence-corrected chi connectivity index (χ0v) is 20.1. The summed E-state index contributed by atoms with van der Waals surface area (Å²) in [5.74, 6) is -0.385. The van der Waals surface area contributed by atoms with Crippen LogP contribution < -0.4 is 5.49 Å². The minimum Gasteiger partial charge on any atom is -0.274 e. The van der Waals surface area contributed by atoms with Crippen LogP contribution in [0.4, 0.5) is 5.69 Å². The number of rotatable bonds is 5. The van der Waals surface area contributed by atoms with Gasteiger partial charge in [-0.3, -0.25) is 24.5 Å². The van der Waals surface area contributed by atoms with Crippen molar-refractivity contribution in [2.45, 2.75) is 62.8 Å². The summed E-state index contributed by atoms with van der Waals surface area (Å²) >= 11 is 0. The lowest BCUT2D eigenvalue weighted by molar-refractivity contribution is -0.385. The number of nitrogens with zero attached hydrogens (tertiary/aromatic N) is 4. The third kappa shape index (κ3) is 5.12. The van der Waals surface area contributed by atoms with Gasteiger partial charge in [-0.1, -0.05) is 31.4 Å². The average Bonchev–Trinajstić information content (AvgIpc) is 2.84. The van der Waals surface area contributed by atoms with Crippen molar-refractivity contribution in [3.05, 3.63) is 63.8 Å². The molecule has 4 rings (SSSR count). The molecule has 1 aromatic carbocycles. The number of hydrogen-bond donors (Lipinski definition) is 0. The summed E-state index contributed by atoms with van der Waals surface area (Å²) in [6.07, 6.45) is 8.13. The van der Waals surface area contributed by atoms with Crippen molar-refractivity contribution in [2.24, 2.45) is 10.9 Å². The predicted molar refractivity (Wildman–Crippen MR) is 127 cm³/mol. The maximum absolute atomic E-state index is 13.3. The average molecular weight is 487 g/mol. The van der Waals surface area contributed by atoms with E-state index >= 15 is 0 Å². The van der Waals surface area contributed by atoms with Gasteiger partial charge in [0.2, 0.25) is 15.9 Å². The van der Waals surface area contributed by atoms with Crippen LogP contribution in [-0.2, 0) is 10.0 Å². The van der Waals surface area contributed by atoms with E-state index in [9.17, 15) is 23.3 Å². The van der Waals surface area contributed by atoms with Gasteiger partial charge in [0, 0.05) is 37.3 Å². The van der Waals surface area contributed by atoms with E-state index in [2.05, 4.69) is 0 Å². The minimum atomic E-state index is -3.90. The van der Waals surface area contributed by atoms with E-state index in [0.717, 1.165) is 31.7 Å². The fraction of sp³-hybridized carbons (Fsp3) is 0.500. The molecule has 0 atom stereocenters. The fourth-order valence-corrected chi connectivity index (χ4v) is 6.50. The van der Waals surface area contributed by atoms with Gasteiger partial charge >= 0.3 is 0 Å². The van der Waals surface area contributed by atoms with Gasteiger partial charge in [0.25, 0.3) is 5.69 Å². The molecule has 2 fully saturated rings. The molecule has 2 aromatic rings. The molecular formula is C24H30N4O5S. The molecule has 182 valence electrons. The maximum Gasteiger partial charge on any atom is 0.270 e. The second-order valence-corrected chi connectivity index (χ2v) is 11.0. The molecule has 1 saturated carbocycles. The predicted octanol–water partition coefficient (Wildman–Crippen LogP) is 3.68. The van der Waals surface area contributed by atoms with Gasteiger partial charge in [0.1, 0.15) is 5.49 Å². The molecule has 10 heteroatoms. The standard InChI is InChI=1S/C24H30N4O5S/c1-18-10-11-21(28(30)31)17-22(18)34(32,33)26-15-12-19(13-16-26)24(29)27-14-6-5-9-23(27)25-20-7-3-2-4-8-20/h5-6,9-11,14,17,19-20H,2-4,7-8,12-13,15-16H2,1H3. The number of carbonyl (C=O) groups excluding carboxylic acids is 1. The lowest BCUT2D eigenvalue weighted by Crippen LogP contribution is -2.43. The van der Waals surface area contributed by atoms with Crippen molar-refractivity contribution in [1.82, 2.24) is 8.87 Å². The summed E-state index contributed by atoms with van der Waals surface area (Å²) in [5, 5.41) is 11.1. The summed E-state index contributed by atoms with van der Waals surface area (Å²) in [6, 6.07) is 9.64. The maximum atomic E-state index is 13.3. The summed E-state index contributed by atoms with van der Waals surface area (Å²) in [4.78, 5) is 28.6. The molecule has 34 heavy (non-hydrogen) atoms. The highest BCUT2D eigenvalue weighted by atomic mass is 32.2. The number of nitro groups is 1. The molecule has 1 aromatic heterocycles. The summed E-state index contributed by atoms with van der Waals surface area (Å²) in [7, 11) is -3.90. The second kappa shape index (κ2) is 10.2. The lowest BCUT2D eigenvalue weighted by atomic mass is 9.96. The Balaban J connectivity index is 1.50. The summed E-state index contributed by atoms with van der Waals surface area (Å²) in [6.45, 7) is 1.99. The summed E-state index contributed by atoms with van der Waals surface area (Å²) < 4.78 is 29.3. The second-order valence-electron chi connectivity index (χ2n) is 9.07. The molecule has 0 radical (unpaired) electrons. The van der Waals surface area contributed by atoms with E-state index < -0.39 is 14.9 Å². The molecular weight excluding hydrogens is 456 g/mol. The number of pyridine rings is 1. The molecule has 1 aliphatic heterocycles. The van der Waals surface area contributed by atoms with Gasteiger partial charge in [0.05, 0.1) is 15.9 Å². The Hall–Kier alpha value is -2.85. The first-order valence-corrected chi connectivity index (χ1v) is 13.2. The van der Waals surface area contributed by atoms with E-state index in [0.29, 0.717) is 23.9 Å². The molecule has 0 unspecified atom stereocenters. The van der Waals surface area contributed by atoms with E-state index in [1.54, 1.807) is 17.7 Å². The number of benzene rings is 1. The molecule has 2 aliphatic rings. The van der Waals surface area contributed by atoms with Gasteiger partial charge < -0.3 is 0 Å².